The Bertz CT molecular complexity index is 5340. The maximum absolute atomic E-state index is 13.3. The Labute approximate surface area is 730 Å². The lowest BCUT2D eigenvalue weighted by atomic mass is 9.89. The molecule has 6 aromatic heterocycles. The molecule has 9 aliphatic rings. The van der Waals surface area contributed by atoms with Crippen molar-refractivity contribution in [3.05, 3.63) is 229 Å². The number of amides is 3. The summed E-state index contributed by atoms with van der Waals surface area (Å²) in [5.41, 5.74) is 21.6. The highest BCUT2D eigenvalue weighted by molar-refractivity contribution is 5.96. The van der Waals surface area contributed by atoms with Crippen molar-refractivity contribution >= 4 is 68.7 Å². The van der Waals surface area contributed by atoms with E-state index in [9.17, 15) is 29.7 Å². The van der Waals surface area contributed by atoms with Gasteiger partial charge in [-0.05, 0) is 295 Å². The molecule has 6 N–H and O–H groups in total. The minimum Gasteiger partial charge on any atom is -0.393 e. The van der Waals surface area contributed by atoms with Crippen LogP contribution < -0.4 is 16.0 Å². The molecule has 124 heavy (non-hydrogen) atoms. The topological polar surface area (TPSA) is 250 Å². The van der Waals surface area contributed by atoms with Gasteiger partial charge < -0.3 is 59.7 Å². The SMILES string of the molecule is Cc1cc(C)cc(C(=O)N2CCC(c3cn(C4CCC(O)CC4)c4nc(NCC5CCCCC5)ncc34)CC2)c1.Cc1cc(C)cc(C(=O)N2CCC(c3cn(C4CCC(O)CC4)c4nc(N[C@@H]5CCc6ccccc65)ncc34)CC2)c1.Cc1cc(C)cc(C(=O)N2CCC(c3cn(C4CCC(O)CC4)c4nc(N[C@H]5CCc6ccccc65)ncc34)CC2)c1. The number of rotatable bonds is 16. The number of likely N-dealkylation sites (tertiary alicyclic amines) is 3. The zero-order valence-electron chi connectivity index (χ0n) is 73.7. The van der Waals surface area contributed by atoms with Gasteiger partial charge in [0.25, 0.3) is 17.7 Å². The van der Waals surface area contributed by atoms with E-state index in [1.165, 1.54) is 71.0 Å². The van der Waals surface area contributed by atoms with Crippen LogP contribution in [-0.4, -0.2) is 155 Å². The number of aliphatic hydroxyl groups excluding tert-OH is 3. The molecule has 0 bridgehead atoms. The summed E-state index contributed by atoms with van der Waals surface area (Å²) in [5, 5.41) is 44.7. The van der Waals surface area contributed by atoms with Gasteiger partial charge in [0.2, 0.25) is 17.8 Å². The average Bonchev–Trinajstić information content (AvgIpc) is 1.62. The average molecular weight is 1670 g/mol. The molecule has 21 heteroatoms. The van der Waals surface area contributed by atoms with Crippen LogP contribution in [0.4, 0.5) is 17.8 Å². The van der Waals surface area contributed by atoms with Gasteiger partial charge >= 0.3 is 0 Å². The molecule has 5 aromatic carbocycles. The van der Waals surface area contributed by atoms with Crippen molar-refractivity contribution in [1.82, 2.24) is 58.3 Å². The van der Waals surface area contributed by atoms with E-state index in [1.54, 1.807) is 0 Å². The fourth-order valence-corrected chi connectivity index (χ4v) is 22.6. The van der Waals surface area contributed by atoms with E-state index in [1.807, 2.05) is 69.7 Å². The van der Waals surface area contributed by atoms with E-state index in [0.717, 1.165) is 276 Å². The summed E-state index contributed by atoms with van der Waals surface area (Å²) in [4.78, 5) is 75.8. The van der Waals surface area contributed by atoms with Gasteiger partial charge in [-0.15, -0.1) is 0 Å². The third-order valence-electron chi connectivity index (χ3n) is 29.2. The summed E-state index contributed by atoms with van der Waals surface area (Å²) in [6.45, 7) is 17.8. The van der Waals surface area contributed by atoms with Crippen molar-refractivity contribution in [2.45, 2.75) is 281 Å². The second-order valence-electron chi connectivity index (χ2n) is 38.2. The normalized spacial score (nSPS) is 22.9. The summed E-state index contributed by atoms with van der Waals surface area (Å²) in [5.74, 6) is 4.31. The van der Waals surface area contributed by atoms with Crippen LogP contribution in [0.1, 0.15) is 312 Å². The molecule has 20 rings (SSSR count). The molecule has 0 spiro atoms. The fraction of sp³-hybridized carbons (Fsp3) is 0.505. The van der Waals surface area contributed by atoms with E-state index in [0.29, 0.717) is 53.7 Å². The van der Waals surface area contributed by atoms with Gasteiger partial charge in [-0.2, -0.15) is 15.0 Å². The minimum absolute atomic E-state index is 0.135. The predicted molar refractivity (Wildman–Crippen MR) is 492 cm³/mol. The van der Waals surface area contributed by atoms with Gasteiger partial charge in [0, 0.05) is 134 Å². The lowest BCUT2D eigenvalue weighted by molar-refractivity contribution is 0.0705. The highest BCUT2D eigenvalue weighted by Gasteiger charge is 2.36. The number of aryl methyl sites for hydroxylation is 8. The predicted octanol–water partition coefficient (Wildman–Crippen LogP) is 19.8. The van der Waals surface area contributed by atoms with Crippen molar-refractivity contribution < 1.29 is 29.7 Å². The van der Waals surface area contributed by atoms with E-state index in [4.69, 9.17) is 29.9 Å². The van der Waals surface area contributed by atoms with Crippen LogP contribution in [-0.2, 0) is 12.8 Å². The first kappa shape index (κ1) is 84.5. The Morgan fingerprint density at radius 2 is 0.661 bits per heavy atom. The molecule has 21 nitrogen and oxygen atoms in total. The molecule has 3 aliphatic heterocycles. The quantitative estimate of drug-likeness (QED) is 0.0526. The molecule has 3 saturated heterocycles. The number of fused-ring (bicyclic) bond motifs is 5. The van der Waals surface area contributed by atoms with Crippen molar-refractivity contribution in [2.75, 3.05) is 61.8 Å². The fourth-order valence-electron chi connectivity index (χ4n) is 22.6. The highest BCUT2D eigenvalue weighted by atomic mass is 16.3. The van der Waals surface area contributed by atoms with Crippen LogP contribution in [0.25, 0.3) is 33.1 Å². The maximum atomic E-state index is 13.3. The number of anilines is 3. The van der Waals surface area contributed by atoms with E-state index < -0.39 is 0 Å². The standard InChI is InChI=1S/2C35H41N5O2.C33H45N5O2/c2*1-22-17-23(2)19-26(18-22)34(42)39-15-13-25(14-16-39)31-21-40(27-8-10-28(41)11-9-27)33-30(31)20-36-35(38-33)37-32-12-7-24-5-3-4-6-29(24)32;1-22-16-23(2)18-26(17-22)32(40)37-14-12-25(13-15-37)30-21-38(27-8-10-28(39)11-9-27)31-29(30)20-35-33(36-31)34-19-24-6-4-3-5-7-24/h2*3-6,17-21,25,27-28,32,41H,7-16H2,1-2H3,(H,36,37,38);16-18,20-21,24-25,27-28,39H,3-15,19H2,1-2H3,(H,34,35,36)/t2*27?,28?,32-;/m10./s1. The summed E-state index contributed by atoms with van der Waals surface area (Å²) in [6, 6.07) is 37.1. The van der Waals surface area contributed by atoms with Crippen molar-refractivity contribution in [2.24, 2.45) is 5.92 Å². The summed E-state index contributed by atoms with van der Waals surface area (Å²) in [6.07, 6.45) is 39.7. The number of aliphatic hydroxyl groups is 3. The van der Waals surface area contributed by atoms with Crippen LogP contribution in [0.15, 0.2) is 140 Å². The molecule has 0 unspecified atom stereocenters. The van der Waals surface area contributed by atoms with Gasteiger partial charge in [0.15, 0.2) is 0 Å². The number of piperidine rings is 3. The molecule has 0 radical (unpaired) electrons. The van der Waals surface area contributed by atoms with E-state index in [2.05, 4.69) is 157 Å². The molecular formula is C103H127N15O6. The summed E-state index contributed by atoms with van der Waals surface area (Å²) in [7, 11) is 0. The van der Waals surface area contributed by atoms with Gasteiger partial charge in [-0.3, -0.25) is 14.4 Å². The molecular weight excluding hydrogens is 1540 g/mol. The first-order valence-electron chi connectivity index (χ1n) is 47.0. The number of hydrogen-bond donors (Lipinski definition) is 6. The molecule has 2 atom stereocenters. The number of aromatic nitrogens is 9. The number of carbonyl (C=O) groups excluding carboxylic acids is 3. The van der Waals surface area contributed by atoms with Crippen LogP contribution in [0.5, 0.6) is 0 Å². The number of benzene rings is 5. The first-order chi connectivity index (χ1) is 60.3. The summed E-state index contributed by atoms with van der Waals surface area (Å²) >= 11 is 0. The van der Waals surface area contributed by atoms with Crippen LogP contribution in [0.2, 0.25) is 0 Å². The zero-order valence-corrected chi connectivity index (χ0v) is 73.7. The van der Waals surface area contributed by atoms with Crippen molar-refractivity contribution in [1.29, 1.82) is 0 Å². The minimum atomic E-state index is -0.198. The maximum Gasteiger partial charge on any atom is 0.253 e. The van der Waals surface area contributed by atoms with Crippen molar-refractivity contribution in [3.63, 3.8) is 0 Å². The lowest BCUT2D eigenvalue weighted by Crippen LogP contribution is -2.38. The molecule has 4 saturated carbocycles. The van der Waals surface area contributed by atoms with Gasteiger partial charge in [-0.1, -0.05) is 119 Å². The van der Waals surface area contributed by atoms with Crippen LogP contribution >= 0.6 is 0 Å². The number of nitrogens with one attached hydrogen (secondary N) is 3. The van der Waals surface area contributed by atoms with Crippen LogP contribution in [0, 0.1) is 47.5 Å². The Kier molecular flexibility index (Phi) is 25.5. The lowest BCUT2D eigenvalue weighted by Gasteiger charge is -2.32. The Morgan fingerprint density at radius 1 is 0.355 bits per heavy atom. The number of hydrogen-bond acceptors (Lipinski definition) is 15. The molecule has 11 aromatic rings. The van der Waals surface area contributed by atoms with E-state index >= 15 is 0 Å². The second kappa shape index (κ2) is 37.4. The molecule has 3 amide bonds. The molecule has 7 fully saturated rings. The smallest absolute Gasteiger partial charge is 0.253 e. The van der Waals surface area contributed by atoms with Gasteiger partial charge in [0.1, 0.15) is 16.9 Å². The number of carbonyl (C=O) groups is 3. The van der Waals surface area contributed by atoms with Gasteiger partial charge in [0.05, 0.1) is 30.4 Å². The molecule has 9 heterocycles. The Balaban J connectivity index is 0.000000127. The highest BCUT2D eigenvalue weighted by Crippen LogP contribution is 2.45. The van der Waals surface area contributed by atoms with E-state index in [-0.39, 0.29) is 48.1 Å². The second-order valence-corrected chi connectivity index (χ2v) is 38.2. The molecule has 6 aliphatic carbocycles. The Morgan fingerprint density at radius 3 is 0.992 bits per heavy atom. The Hall–Kier alpha value is -10.4. The monoisotopic (exact) mass is 1670 g/mol. The number of nitrogens with zero attached hydrogens (tertiary/aromatic N) is 12. The third kappa shape index (κ3) is 18.8. The van der Waals surface area contributed by atoms with Crippen LogP contribution in [0.3, 0.4) is 0 Å². The third-order valence-corrected chi connectivity index (χ3v) is 29.2. The first-order valence-corrected chi connectivity index (χ1v) is 47.0. The van der Waals surface area contributed by atoms with Gasteiger partial charge in [-0.25, -0.2) is 15.0 Å². The van der Waals surface area contributed by atoms with Crippen molar-refractivity contribution in [3.8, 4) is 0 Å². The summed E-state index contributed by atoms with van der Waals surface area (Å²) < 4.78 is 7.13. The largest absolute Gasteiger partial charge is 0.393 e. The zero-order chi connectivity index (χ0) is 85.2. The molecule has 650 valence electrons.